The van der Waals surface area contributed by atoms with Crippen LogP contribution in [0, 0.1) is 18.6 Å². The molecule has 1 aromatic carbocycles. The Morgan fingerprint density at radius 3 is 2.72 bits per heavy atom. The number of halogens is 2. The minimum atomic E-state index is -0.684. The van der Waals surface area contributed by atoms with Gasteiger partial charge in [-0.05, 0) is 50.7 Å². The lowest BCUT2D eigenvalue weighted by atomic mass is 9.94. The van der Waals surface area contributed by atoms with E-state index in [0.717, 1.165) is 38.2 Å². The van der Waals surface area contributed by atoms with Crippen molar-refractivity contribution in [3.05, 3.63) is 35.5 Å². The van der Waals surface area contributed by atoms with Gasteiger partial charge in [-0.15, -0.1) is 0 Å². The van der Waals surface area contributed by atoms with Crippen LogP contribution in [0.25, 0.3) is 11.2 Å². The quantitative estimate of drug-likeness (QED) is 0.548. The van der Waals surface area contributed by atoms with E-state index >= 15 is 0 Å². The Kier molecular flexibility index (Phi) is 5.64. The summed E-state index contributed by atoms with van der Waals surface area (Å²) in [5.74, 6) is -0.400. The average molecular weight is 446 g/mol. The molecule has 0 spiro atoms. The highest BCUT2D eigenvalue weighted by molar-refractivity contribution is 5.77. The van der Waals surface area contributed by atoms with Crippen molar-refractivity contribution in [1.29, 1.82) is 0 Å². The predicted octanol–water partition coefficient (Wildman–Crippen LogP) is 3.83. The standard InChI is InChI=1S/C22H26F2N6O2/c1-12-8-13(23)9-17(24)19(12)28-22-27-18-10-25-21(26-14-2-4-16(31)5-3-14)29-20(18)30(22)15-6-7-32-11-15/h8-10,14-16,31H,2-7,11H2,1H3,(H,27,28)(H,25,26,29)/t14?,15-,16?/m0/s1/i21+2. The molecule has 1 saturated heterocycles. The Hall–Kier alpha value is -2.85. The van der Waals surface area contributed by atoms with Crippen molar-refractivity contribution in [1.82, 2.24) is 19.5 Å². The van der Waals surface area contributed by atoms with Gasteiger partial charge in [-0.1, -0.05) is 0 Å². The Morgan fingerprint density at radius 2 is 2.00 bits per heavy atom. The maximum Gasteiger partial charge on any atom is 0.224 e. The second kappa shape index (κ2) is 8.59. The summed E-state index contributed by atoms with van der Waals surface area (Å²) in [6, 6.07) is 2.32. The molecule has 2 fully saturated rings. The molecule has 1 atom stereocenters. The molecule has 1 saturated carbocycles. The fourth-order valence-corrected chi connectivity index (χ4v) is 4.50. The van der Waals surface area contributed by atoms with E-state index in [9.17, 15) is 13.9 Å². The van der Waals surface area contributed by atoms with Crippen LogP contribution in [0.1, 0.15) is 43.7 Å². The van der Waals surface area contributed by atoms with Crippen LogP contribution in [0.5, 0.6) is 0 Å². The normalized spacial score (nSPS) is 23.6. The number of aliphatic hydroxyl groups is 1. The molecular weight excluding hydrogens is 420 g/mol. The molecule has 0 amide bonds. The minimum Gasteiger partial charge on any atom is -0.393 e. The van der Waals surface area contributed by atoms with Crippen LogP contribution < -0.4 is 10.6 Å². The molecule has 2 aromatic heterocycles. The SMILES string of the molecule is Cc1cc(F)cc(F)c1Nc1nc2cn[14c](NC3CCC(O)CC3)nc2n1[C@H]1CCOC1. The second-order valence-electron chi connectivity index (χ2n) is 8.58. The lowest BCUT2D eigenvalue weighted by Gasteiger charge is -2.26. The van der Waals surface area contributed by atoms with E-state index in [2.05, 4.69) is 20.6 Å². The Labute approximate surface area is 184 Å². The summed E-state index contributed by atoms with van der Waals surface area (Å²) >= 11 is 0. The first-order valence-electron chi connectivity index (χ1n) is 11.0. The average Bonchev–Trinajstić information content (AvgIpc) is 3.39. The topological polar surface area (TPSA) is 97.1 Å². The van der Waals surface area contributed by atoms with E-state index in [-0.39, 0.29) is 23.9 Å². The zero-order valence-electron chi connectivity index (χ0n) is 17.8. The Morgan fingerprint density at radius 1 is 1.19 bits per heavy atom. The second-order valence-corrected chi connectivity index (χ2v) is 8.58. The van der Waals surface area contributed by atoms with Gasteiger partial charge in [0, 0.05) is 18.7 Å². The number of aromatic nitrogens is 4. The number of aryl methyl sites for hydroxylation is 1. The Bertz CT molecular complexity index is 1100. The van der Waals surface area contributed by atoms with Gasteiger partial charge in [0.05, 0.1) is 30.6 Å². The van der Waals surface area contributed by atoms with Crippen LogP contribution in [-0.4, -0.2) is 50.0 Å². The van der Waals surface area contributed by atoms with Gasteiger partial charge in [-0.25, -0.2) is 18.7 Å². The number of fused-ring (bicyclic) bond motifs is 1. The smallest absolute Gasteiger partial charge is 0.224 e. The van der Waals surface area contributed by atoms with Crippen molar-refractivity contribution in [3.63, 3.8) is 0 Å². The third-order valence-electron chi connectivity index (χ3n) is 6.22. The fourth-order valence-electron chi connectivity index (χ4n) is 4.50. The van der Waals surface area contributed by atoms with E-state index in [1.54, 1.807) is 13.1 Å². The van der Waals surface area contributed by atoms with Gasteiger partial charge in [0.15, 0.2) is 5.65 Å². The van der Waals surface area contributed by atoms with Crippen molar-refractivity contribution in [2.24, 2.45) is 0 Å². The van der Waals surface area contributed by atoms with E-state index in [0.29, 0.717) is 41.8 Å². The summed E-state index contributed by atoms with van der Waals surface area (Å²) in [4.78, 5) is 13.7. The molecule has 10 heteroatoms. The molecule has 1 aliphatic carbocycles. The number of rotatable bonds is 5. The molecular formula is C22H26F2N6O2. The van der Waals surface area contributed by atoms with Gasteiger partial charge in [0.1, 0.15) is 17.2 Å². The number of anilines is 3. The van der Waals surface area contributed by atoms with Crippen LogP contribution in [-0.2, 0) is 4.74 Å². The molecule has 0 unspecified atom stereocenters. The number of imidazole rings is 1. The van der Waals surface area contributed by atoms with Gasteiger partial charge in [0.2, 0.25) is 11.9 Å². The number of hydrogen-bond donors (Lipinski definition) is 3. The molecule has 170 valence electrons. The van der Waals surface area contributed by atoms with Crippen LogP contribution in [0.4, 0.5) is 26.4 Å². The molecule has 3 N–H and O–H groups in total. The van der Waals surface area contributed by atoms with Gasteiger partial charge >= 0.3 is 0 Å². The Balaban J connectivity index is 1.51. The number of nitrogens with one attached hydrogen (secondary N) is 2. The van der Waals surface area contributed by atoms with Crippen molar-refractivity contribution in [2.45, 2.75) is 57.2 Å². The van der Waals surface area contributed by atoms with Crippen molar-refractivity contribution < 1.29 is 18.6 Å². The molecule has 5 rings (SSSR count). The van der Waals surface area contributed by atoms with E-state index in [4.69, 9.17) is 9.72 Å². The first kappa shape index (κ1) is 21.0. The number of nitrogens with zero attached hydrogens (tertiary/aromatic N) is 4. The first-order chi connectivity index (χ1) is 15.5. The summed E-state index contributed by atoms with van der Waals surface area (Å²) < 4.78 is 35.5. The zero-order valence-corrected chi connectivity index (χ0v) is 17.8. The lowest BCUT2D eigenvalue weighted by molar-refractivity contribution is 0.126. The molecule has 8 nitrogen and oxygen atoms in total. The van der Waals surface area contributed by atoms with Gasteiger partial charge in [0.25, 0.3) is 0 Å². The maximum absolute atomic E-state index is 14.5. The third kappa shape index (κ3) is 4.12. The monoisotopic (exact) mass is 446 g/mol. The number of hydrogen-bond acceptors (Lipinski definition) is 7. The fraction of sp³-hybridized carbons (Fsp3) is 0.500. The maximum atomic E-state index is 14.5. The van der Waals surface area contributed by atoms with Gasteiger partial charge < -0.3 is 20.5 Å². The molecule has 3 aromatic rings. The van der Waals surface area contributed by atoms with Crippen LogP contribution in [0.15, 0.2) is 18.3 Å². The highest BCUT2D eigenvalue weighted by Crippen LogP contribution is 2.32. The highest BCUT2D eigenvalue weighted by Gasteiger charge is 2.26. The van der Waals surface area contributed by atoms with E-state index < -0.39 is 11.6 Å². The number of ether oxygens (including phenoxy) is 1. The van der Waals surface area contributed by atoms with Crippen LogP contribution in [0.3, 0.4) is 0 Å². The van der Waals surface area contributed by atoms with Crippen molar-refractivity contribution >= 4 is 28.7 Å². The number of benzene rings is 1. The molecule has 1 aliphatic heterocycles. The third-order valence-corrected chi connectivity index (χ3v) is 6.22. The summed E-state index contributed by atoms with van der Waals surface area (Å²) in [7, 11) is 0. The molecule has 32 heavy (non-hydrogen) atoms. The zero-order chi connectivity index (χ0) is 22.2. The van der Waals surface area contributed by atoms with Gasteiger partial charge in [-0.2, -0.15) is 4.98 Å². The molecule has 3 heterocycles. The number of aliphatic hydroxyl groups excluding tert-OH is 1. The summed E-state index contributed by atoms with van der Waals surface area (Å²) in [6.45, 7) is 2.76. The van der Waals surface area contributed by atoms with Crippen molar-refractivity contribution in [2.75, 3.05) is 23.8 Å². The van der Waals surface area contributed by atoms with Gasteiger partial charge in [-0.3, -0.25) is 4.57 Å². The van der Waals surface area contributed by atoms with E-state index in [1.165, 1.54) is 6.07 Å². The predicted molar refractivity (Wildman–Crippen MR) is 116 cm³/mol. The minimum absolute atomic E-state index is 0.0149. The first-order valence-corrected chi connectivity index (χ1v) is 11.0. The molecule has 0 bridgehead atoms. The largest absolute Gasteiger partial charge is 0.393 e. The molecule has 2 aliphatic rings. The highest BCUT2D eigenvalue weighted by atomic mass is 19.1. The summed E-state index contributed by atoms with van der Waals surface area (Å²) in [5.41, 5.74) is 1.81. The molecule has 0 radical (unpaired) electrons. The van der Waals surface area contributed by atoms with Crippen LogP contribution in [0.2, 0.25) is 0 Å². The summed E-state index contributed by atoms with van der Waals surface area (Å²) in [5, 5.41) is 16.1. The summed E-state index contributed by atoms with van der Waals surface area (Å²) in [6.07, 6.45) is 5.42. The van der Waals surface area contributed by atoms with E-state index in [1.807, 2.05) is 4.57 Å². The van der Waals surface area contributed by atoms with Crippen LogP contribution >= 0.6 is 0 Å². The lowest BCUT2D eigenvalue weighted by Crippen LogP contribution is -2.29. The van der Waals surface area contributed by atoms with Crippen molar-refractivity contribution in [3.8, 4) is 0 Å².